The lowest BCUT2D eigenvalue weighted by Gasteiger charge is -2.46. The van der Waals surface area contributed by atoms with Crippen LogP contribution in [-0.4, -0.2) is 79.4 Å². The van der Waals surface area contributed by atoms with E-state index >= 15 is 0 Å². The van der Waals surface area contributed by atoms with Crippen molar-refractivity contribution in [1.82, 2.24) is 4.90 Å². The lowest BCUT2D eigenvalue weighted by Crippen LogP contribution is -2.49. The monoisotopic (exact) mass is 653 g/mol. The molecule has 2 aliphatic heterocycles. The molecule has 10 heteroatoms. The fraction of sp³-hybridized carbons (Fsp3) is 0.543. The molecule has 2 bridgehead atoms. The summed E-state index contributed by atoms with van der Waals surface area (Å²) >= 11 is 6.43. The number of anilines is 1. The molecule has 1 spiro atoms. The number of nitrogens with zero attached hydrogens (tertiary/aromatic N) is 3. The first-order valence-electron chi connectivity index (χ1n) is 16.1. The van der Waals surface area contributed by atoms with E-state index in [1.165, 1.54) is 16.0 Å². The summed E-state index contributed by atoms with van der Waals surface area (Å²) in [5, 5.41) is 0.750. The Labute approximate surface area is 272 Å². The van der Waals surface area contributed by atoms with Crippen LogP contribution in [0.5, 0.6) is 5.75 Å². The molecule has 0 radical (unpaired) electrons. The molecule has 1 unspecified atom stereocenters. The first kappa shape index (κ1) is 32.1. The number of methoxy groups -OCH3 is 1. The van der Waals surface area contributed by atoms with Crippen molar-refractivity contribution in [2.24, 2.45) is 16.2 Å². The summed E-state index contributed by atoms with van der Waals surface area (Å²) in [6, 6.07) is 11.7. The van der Waals surface area contributed by atoms with Gasteiger partial charge < -0.3 is 19.3 Å². The highest BCUT2D eigenvalue weighted by molar-refractivity contribution is 7.94. The van der Waals surface area contributed by atoms with Gasteiger partial charge in [-0.2, -0.15) is 4.36 Å². The molecule has 4 aliphatic rings. The third-order valence-electron chi connectivity index (χ3n) is 10.2. The van der Waals surface area contributed by atoms with Gasteiger partial charge >= 0.3 is 0 Å². The maximum absolute atomic E-state index is 14.0. The van der Waals surface area contributed by atoms with Gasteiger partial charge in [0, 0.05) is 56.0 Å². The molecule has 242 valence electrons. The number of benzene rings is 2. The van der Waals surface area contributed by atoms with Crippen LogP contribution in [0.4, 0.5) is 5.69 Å². The quantitative estimate of drug-likeness (QED) is 0.384. The Hall–Kier alpha value is -2.88. The molecule has 1 fully saturated rings. The van der Waals surface area contributed by atoms with Crippen LogP contribution in [0.3, 0.4) is 0 Å². The Morgan fingerprint density at radius 1 is 1.20 bits per heavy atom. The highest BCUT2D eigenvalue weighted by Gasteiger charge is 2.44. The van der Waals surface area contributed by atoms with Crippen molar-refractivity contribution in [3.05, 3.63) is 70.3 Å². The van der Waals surface area contributed by atoms with E-state index in [9.17, 15) is 13.8 Å². The summed E-state index contributed by atoms with van der Waals surface area (Å²) in [5.74, 6) is 0.538. The van der Waals surface area contributed by atoms with Crippen molar-refractivity contribution < 1.29 is 23.3 Å². The second-order valence-electron chi connectivity index (χ2n) is 13.4. The Morgan fingerprint density at radius 3 is 2.80 bits per heavy atom. The smallest absolute Gasteiger partial charge is 0.285 e. The van der Waals surface area contributed by atoms with Crippen LogP contribution in [0.25, 0.3) is 0 Å². The minimum atomic E-state index is -3.12. The standard InChI is InChI=1S/C35H44ClN3O5S/c1-38(2)33(40)21-45(42)17-6-4-5-9-31(43-3)28-13-10-26(28)20-39-22-35(16-7-8-24-18-27(36)12-14-29(24)35)23-44-32-15-11-25(19-30(32)39)34(41)37-45/h5,9,11-12,14-15,18-19,26,28,31H,4,6-8,10,13,16-17,20-23H2,1-3H3/b9-5+/t26-,28+,31-,35-,45?/m0/s1. The molecule has 2 amide bonds. The van der Waals surface area contributed by atoms with Crippen LogP contribution in [-0.2, 0) is 31.1 Å². The molecule has 45 heavy (non-hydrogen) atoms. The van der Waals surface area contributed by atoms with E-state index in [4.69, 9.17) is 21.1 Å². The Bertz CT molecular complexity index is 1620. The van der Waals surface area contributed by atoms with Gasteiger partial charge in [0.1, 0.15) is 11.5 Å². The van der Waals surface area contributed by atoms with Gasteiger partial charge in [0.05, 0.1) is 28.1 Å². The number of hydrogen-bond acceptors (Lipinski definition) is 6. The van der Waals surface area contributed by atoms with E-state index in [2.05, 4.69) is 33.5 Å². The molecule has 5 atom stereocenters. The van der Waals surface area contributed by atoms with Crippen LogP contribution in [0.1, 0.15) is 60.0 Å². The van der Waals surface area contributed by atoms with E-state index in [-0.39, 0.29) is 28.9 Å². The third-order valence-corrected chi connectivity index (χ3v) is 12.5. The average Bonchev–Trinajstić information content (AvgIpc) is 3.14. The minimum absolute atomic E-state index is 0.0110. The fourth-order valence-corrected chi connectivity index (χ4v) is 9.68. The first-order chi connectivity index (χ1) is 21.6. The second-order valence-corrected chi connectivity index (χ2v) is 16.2. The summed E-state index contributed by atoms with van der Waals surface area (Å²) in [4.78, 5) is 30.1. The number of amides is 2. The molecule has 2 aromatic rings. The van der Waals surface area contributed by atoms with Crippen LogP contribution in [0.2, 0.25) is 5.02 Å². The summed E-state index contributed by atoms with van der Waals surface area (Å²) in [6.45, 7) is 2.08. The van der Waals surface area contributed by atoms with Crippen LogP contribution in [0, 0.1) is 11.8 Å². The van der Waals surface area contributed by atoms with Crippen LogP contribution >= 0.6 is 11.6 Å². The van der Waals surface area contributed by atoms with E-state index in [0.29, 0.717) is 36.8 Å². The number of allylic oxidation sites excluding steroid dienone is 1. The Kier molecular flexibility index (Phi) is 9.33. The van der Waals surface area contributed by atoms with Gasteiger partial charge in [0.25, 0.3) is 5.91 Å². The minimum Gasteiger partial charge on any atom is -0.490 e. The van der Waals surface area contributed by atoms with Gasteiger partial charge in [0.15, 0.2) is 0 Å². The van der Waals surface area contributed by atoms with Crippen molar-refractivity contribution in [2.45, 2.75) is 56.5 Å². The van der Waals surface area contributed by atoms with E-state index in [1.807, 2.05) is 18.2 Å². The summed E-state index contributed by atoms with van der Waals surface area (Å²) in [6.07, 6.45) is 10.7. The third kappa shape index (κ3) is 6.67. The van der Waals surface area contributed by atoms with Crippen molar-refractivity contribution in [3.63, 3.8) is 0 Å². The summed E-state index contributed by atoms with van der Waals surface area (Å²) in [7, 11) is 1.89. The zero-order chi connectivity index (χ0) is 31.8. The second kappa shape index (κ2) is 13.1. The number of fused-ring (bicyclic) bond motifs is 4. The van der Waals surface area contributed by atoms with Crippen molar-refractivity contribution in [2.75, 3.05) is 57.3 Å². The predicted molar refractivity (Wildman–Crippen MR) is 179 cm³/mol. The molecular weight excluding hydrogens is 610 g/mol. The van der Waals surface area contributed by atoms with Gasteiger partial charge in [-0.05, 0) is 98.2 Å². The largest absolute Gasteiger partial charge is 0.490 e. The first-order valence-corrected chi connectivity index (χ1v) is 18.3. The van der Waals surface area contributed by atoms with Crippen molar-refractivity contribution in [1.29, 1.82) is 0 Å². The van der Waals surface area contributed by atoms with E-state index < -0.39 is 15.6 Å². The van der Waals surface area contributed by atoms with Crippen LogP contribution < -0.4 is 9.64 Å². The highest BCUT2D eigenvalue weighted by Crippen LogP contribution is 2.47. The lowest BCUT2D eigenvalue weighted by molar-refractivity contribution is -0.125. The number of rotatable bonds is 3. The molecule has 1 saturated carbocycles. The molecule has 6 rings (SSSR count). The Morgan fingerprint density at radius 2 is 2.04 bits per heavy atom. The van der Waals surface area contributed by atoms with Crippen molar-refractivity contribution in [3.8, 4) is 5.75 Å². The predicted octanol–water partition coefficient (Wildman–Crippen LogP) is 5.90. The van der Waals surface area contributed by atoms with E-state index in [0.717, 1.165) is 61.7 Å². The Balaban J connectivity index is 1.44. The molecule has 2 aromatic carbocycles. The van der Waals surface area contributed by atoms with Crippen LogP contribution in [0.15, 0.2) is 52.9 Å². The number of halogens is 1. The SMILES string of the molecule is CO[C@H]1/C=C/CCCS(=O)(CC(=O)N(C)C)=NC(=O)c2ccc3c(c2)N(C[C@@H]2CC[C@H]21)C[C@@]1(CCCc2cc(Cl)ccc21)CO3. The van der Waals surface area contributed by atoms with Gasteiger partial charge in [0.2, 0.25) is 5.91 Å². The number of ether oxygens (including phenoxy) is 2. The number of carbonyl (C=O) groups excluding carboxylic acids is 2. The maximum Gasteiger partial charge on any atom is 0.285 e. The van der Waals surface area contributed by atoms with Gasteiger partial charge in [-0.15, -0.1) is 0 Å². The van der Waals surface area contributed by atoms with Crippen molar-refractivity contribution >= 4 is 38.8 Å². The molecule has 2 heterocycles. The number of carbonyl (C=O) groups is 2. The molecule has 8 nitrogen and oxygen atoms in total. The fourth-order valence-electron chi connectivity index (χ4n) is 7.51. The zero-order valence-corrected chi connectivity index (χ0v) is 28.1. The van der Waals surface area contributed by atoms with Gasteiger partial charge in [-0.1, -0.05) is 29.8 Å². The number of hydrogen-bond donors (Lipinski definition) is 0. The number of aryl methyl sites for hydroxylation is 1. The van der Waals surface area contributed by atoms with E-state index in [1.54, 1.807) is 27.3 Å². The lowest BCUT2D eigenvalue weighted by atomic mass is 9.68. The molecule has 0 aromatic heterocycles. The topological polar surface area (TPSA) is 88.5 Å². The normalized spacial score (nSPS) is 30.5. The molecule has 0 N–H and O–H groups in total. The van der Waals surface area contributed by atoms with Gasteiger partial charge in [-0.3, -0.25) is 9.59 Å². The highest BCUT2D eigenvalue weighted by atomic mass is 35.5. The average molecular weight is 654 g/mol. The molecular formula is C35H44ClN3O5S. The molecule has 2 aliphatic carbocycles. The zero-order valence-electron chi connectivity index (χ0n) is 26.5. The maximum atomic E-state index is 14.0. The summed E-state index contributed by atoms with van der Waals surface area (Å²) < 4.78 is 30.9. The summed E-state index contributed by atoms with van der Waals surface area (Å²) in [5.41, 5.74) is 3.55. The molecule has 0 saturated heterocycles. The van der Waals surface area contributed by atoms with Gasteiger partial charge in [-0.25, -0.2) is 4.21 Å².